The van der Waals surface area contributed by atoms with Crippen LogP contribution in [0.3, 0.4) is 0 Å². The van der Waals surface area contributed by atoms with Crippen molar-refractivity contribution in [3.63, 3.8) is 0 Å². The monoisotopic (exact) mass is 403 g/mol. The van der Waals surface area contributed by atoms with Crippen LogP contribution < -0.4 is 5.32 Å². The Balaban J connectivity index is 2.27. The van der Waals surface area contributed by atoms with Gasteiger partial charge in [-0.3, -0.25) is 4.79 Å². The highest BCUT2D eigenvalue weighted by Gasteiger charge is 2.12. The van der Waals surface area contributed by atoms with E-state index in [0.29, 0.717) is 11.3 Å². The molecule has 0 unspecified atom stereocenters. The Morgan fingerprint density at radius 2 is 1.70 bits per heavy atom. The second-order valence-corrected chi connectivity index (χ2v) is 5.87. The van der Waals surface area contributed by atoms with Gasteiger partial charge in [-0.1, -0.05) is 0 Å². The number of carbonyl (C=O) groups excluding carboxylic acids is 1. The maximum absolute atomic E-state index is 13.4. The summed E-state index contributed by atoms with van der Waals surface area (Å²) < 4.78 is 27.2. The molecule has 0 aromatic heterocycles. The van der Waals surface area contributed by atoms with E-state index >= 15 is 0 Å². The van der Waals surface area contributed by atoms with E-state index in [4.69, 9.17) is 0 Å². The minimum Gasteiger partial charge on any atom is -0.322 e. The Hall–Kier alpha value is -1.27. The van der Waals surface area contributed by atoms with Gasteiger partial charge < -0.3 is 5.32 Å². The van der Waals surface area contributed by atoms with Crippen LogP contribution in [0.25, 0.3) is 0 Å². The molecule has 1 amide bonds. The SMILES string of the molecule is Cc1cc(F)c(Br)cc1NC(=O)c1ccc(Br)c(F)c1. The highest BCUT2D eigenvalue weighted by atomic mass is 79.9. The van der Waals surface area contributed by atoms with E-state index in [2.05, 4.69) is 37.2 Å². The highest BCUT2D eigenvalue weighted by molar-refractivity contribution is 9.10. The molecule has 2 aromatic carbocycles. The quantitative estimate of drug-likeness (QED) is 0.745. The van der Waals surface area contributed by atoms with Crippen LogP contribution in [-0.4, -0.2) is 5.91 Å². The molecule has 0 atom stereocenters. The second kappa shape index (κ2) is 6.01. The van der Waals surface area contributed by atoms with Crippen LogP contribution in [0.15, 0.2) is 39.3 Å². The Bertz CT molecular complexity index is 689. The van der Waals surface area contributed by atoms with Gasteiger partial charge in [0.1, 0.15) is 11.6 Å². The average Bonchev–Trinajstić information content (AvgIpc) is 2.39. The molecule has 0 bridgehead atoms. The fourth-order valence-corrected chi connectivity index (χ4v) is 2.20. The zero-order valence-corrected chi connectivity index (χ0v) is 13.5. The molecule has 0 saturated heterocycles. The molecule has 2 aromatic rings. The predicted octanol–water partition coefficient (Wildman–Crippen LogP) is 5.05. The third kappa shape index (κ3) is 3.24. The summed E-state index contributed by atoms with van der Waals surface area (Å²) in [5.74, 6) is -1.39. The van der Waals surface area contributed by atoms with Gasteiger partial charge in [-0.2, -0.15) is 0 Å². The molecule has 0 aliphatic carbocycles. The first-order valence-electron chi connectivity index (χ1n) is 5.60. The lowest BCUT2D eigenvalue weighted by Crippen LogP contribution is -2.13. The summed E-state index contributed by atoms with van der Waals surface area (Å²) in [5.41, 5.74) is 1.23. The maximum Gasteiger partial charge on any atom is 0.255 e. The van der Waals surface area contributed by atoms with E-state index in [-0.39, 0.29) is 14.5 Å². The number of carbonyl (C=O) groups is 1. The second-order valence-electron chi connectivity index (χ2n) is 4.16. The maximum atomic E-state index is 13.4. The number of nitrogens with one attached hydrogen (secondary N) is 1. The van der Waals surface area contributed by atoms with E-state index < -0.39 is 17.5 Å². The van der Waals surface area contributed by atoms with Crippen molar-refractivity contribution in [3.05, 3.63) is 62.0 Å². The van der Waals surface area contributed by atoms with Crippen molar-refractivity contribution in [2.75, 3.05) is 5.32 Å². The summed E-state index contributed by atoms with van der Waals surface area (Å²) in [6.45, 7) is 1.67. The number of rotatable bonds is 2. The summed E-state index contributed by atoms with van der Waals surface area (Å²) in [6, 6.07) is 6.86. The van der Waals surface area contributed by atoms with Crippen LogP contribution in [-0.2, 0) is 0 Å². The summed E-state index contributed by atoms with van der Waals surface area (Å²) in [7, 11) is 0. The lowest BCUT2D eigenvalue weighted by Gasteiger charge is -2.10. The fraction of sp³-hybridized carbons (Fsp3) is 0.0714. The standard InChI is InChI=1S/C14H9Br2F2NO/c1-7-4-11(17)10(16)6-13(7)19-14(20)8-2-3-9(15)12(18)5-8/h2-6H,1H3,(H,19,20). The molecule has 0 aliphatic rings. The van der Waals surface area contributed by atoms with Crippen LogP contribution >= 0.6 is 31.9 Å². The van der Waals surface area contributed by atoms with Crippen LogP contribution in [0.4, 0.5) is 14.5 Å². The summed E-state index contributed by atoms with van der Waals surface area (Å²) >= 11 is 6.07. The first-order valence-corrected chi connectivity index (χ1v) is 7.19. The van der Waals surface area contributed by atoms with Crippen LogP contribution in [0.2, 0.25) is 0 Å². The third-order valence-corrected chi connectivity index (χ3v) is 3.95. The van der Waals surface area contributed by atoms with Gasteiger partial charge in [0, 0.05) is 11.3 Å². The molecular formula is C14H9Br2F2NO. The molecule has 2 rings (SSSR count). The molecule has 0 radical (unpaired) electrons. The van der Waals surface area contributed by atoms with Crippen molar-refractivity contribution in [3.8, 4) is 0 Å². The number of benzene rings is 2. The molecule has 20 heavy (non-hydrogen) atoms. The molecule has 0 heterocycles. The summed E-state index contributed by atoms with van der Waals surface area (Å²) in [5, 5.41) is 2.62. The van der Waals surface area contributed by atoms with E-state index in [1.54, 1.807) is 6.92 Å². The van der Waals surface area contributed by atoms with Crippen LogP contribution in [0.5, 0.6) is 0 Å². The molecule has 0 saturated carbocycles. The number of hydrogen-bond acceptors (Lipinski definition) is 1. The molecule has 0 aliphatic heterocycles. The molecule has 104 valence electrons. The molecule has 6 heteroatoms. The molecule has 0 fully saturated rings. The number of aryl methyl sites for hydroxylation is 1. The lowest BCUT2D eigenvalue weighted by atomic mass is 10.1. The van der Waals surface area contributed by atoms with Gasteiger partial charge >= 0.3 is 0 Å². The largest absolute Gasteiger partial charge is 0.322 e. The van der Waals surface area contributed by atoms with E-state index in [0.717, 1.165) is 6.07 Å². The van der Waals surface area contributed by atoms with Gasteiger partial charge in [-0.05, 0) is 74.7 Å². The third-order valence-electron chi connectivity index (χ3n) is 2.70. The van der Waals surface area contributed by atoms with E-state index in [1.807, 2.05) is 0 Å². The molecule has 0 spiro atoms. The number of amides is 1. The van der Waals surface area contributed by atoms with Crippen molar-refractivity contribution >= 4 is 43.5 Å². The summed E-state index contributed by atoms with van der Waals surface area (Å²) in [4.78, 5) is 12.0. The average molecular weight is 405 g/mol. The van der Waals surface area contributed by atoms with Crippen LogP contribution in [0, 0.1) is 18.6 Å². The normalized spacial score (nSPS) is 10.4. The van der Waals surface area contributed by atoms with Crippen molar-refractivity contribution in [2.24, 2.45) is 0 Å². The molecule has 2 nitrogen and oxygen atoms in total. The van der Waals surface area contributed by atoms with E-state index in [1.165, 1.54) is 24.3 Å². The Morgan fingerprint density at radius 3 is 2.35 bits per heavy atom. The van der Waals surface area contributed by atoms with Gasteiger partial charge in [-0.15, -0.1) is 0 Å². The van der Waals surface area contributed by atoms with Crippen LogP contribution in [0.1, 0.15) is 15.9 Å². The van der Waals surface area contributed by atoms with Gasteiger partial charge in [0.25, 0.3) is 5.91 Å². The molecule has 1 N–H and O–H groups in total. The van der Waals surface area contributed by atoms with Gasteiger partial charge in [0.05, 0.1) is 8.95 Å². The number of hydrogen-bond donors (Lipinski definition) is 1. The Morgan fingerprint density at radius 1 is 1.05 bits per heavy atom. The Labute approximate surface area is 131 Å². The van der Waals surface area contributed by atoms with Gasteiger partial charge in [0.2, 0.25) is 0 Å². The van der Waals surface area contributed by atoms with Gasteiger partial charge in [-0.25, -0.2) is 8.78 Å². The smallest absolute Gasteiger partial charge is 0.255 e. The Kier molecular flexibility index (Phi) is 4.55. The number of halogens is 4. The van der Waals surface area contributed by atoms with Crippen molar-refractivity contribution in [1.82, 2.24) is 0 Å². The topological polar surface area (TPSA) is 29.1 Å². The van der Waals surface area contributed by atoms with Crippen molar-refractivity contribution < 1.29 is 13.6 Å². The predicted molar refractivity (Wildman–Crippen MR) is 80.9 cm³/mol. The molecular weight excluding hydrogens is 396 g/mol. The highest BCUT2D eigenvalue weighted by Crippen LogP contribution is 2.25. The summed E-state index contributed by atoms with van der Waals surface area (Å²) in [6.07, 6.45) is 0. The minimum atomic E-state index is -0.519. The van der Waals surface area contributed by atoms with E-state index in [9.17, 15) is 13.6 Å². The van der Waals surface area contributed by atoms with Gasteiger partial charge in [0.15, 0.2) is 0 Å². The number of anilines is 1. The van der Waals surface area contributed by atoms with Crippen molar-refractivity contribution in [2.45, 2.75) is 6.92 Å². The van der Waals surface area contributed by atoms with Crippen molar-refractivity contribution in [1.29, 1.82) is 0 Å². The lowest BCUT2D eigenvalue weighted by molar-refractivity contribution is 0.102. The zero-order valence-electron chi connectivity index (χ0n) is 10.3. The first-order chi connectivity index (χ1) is 9.38. The first kappa shape index (κ1) is 15.1. The fourth-order valence-electron chi connectivity index (χ4n) is 1.61. The minimum absolute atomic E-state index is 0.186. The zero-order chi connectivity index (χ0) is 14.9.